The summed E-state index contributed by atoms with van der Waals surface area (Å²) in [5.41, 5.74) is 1.15. The van der Waals surface area contributed by atoms with Gasteiger partial charge in [-0.15, -0.1) is 0 Å². The molecule has 45 heavy (non-hydrogen) atoms. The molecule has 0 spiro atoms. The van der Waals surface area contributed by atoms with E-state index < -0.39 is 30.1 Å². The lowest BCUT2D eigenvalue weighted by Crippen LogP contribution is -2.57. The third-order valence-electron chi connectivity index (χ3n) is 9.90. The molecule has 2 fully saturated rings. The second-order valence-corrected chi connectivity index (χ2v) is 13.3. The Morgan fingerprint density at radius 2 is 2.02 bits per heavy atom. The van der Waals surface area contributed by atoms with Crippen LogP contribution >= 0.6 is 0 Å². The van der Waals surface area contributed by atoms with Crippen LogP contribution in [0.15, 0.2) is 23.8 Å². The third kappa shape index (κ3) is 7.06. The van der Waals surface area contributed by atoms with Crippen molar-refractivity contribution in [3.63, 3.8) is 0 Å². The largest absolute Gasteiger partial charge is 0.493 e. The van der Waals surface area contributed by atoms with E-state index in [0.29, 0.717) is 53.3 Å². The van der Waals surface area contributed by atoms with E-state index in [-0.39, 0.29) is 50.0 Å². The van der Waals surface area contributed by atoms with Gasteiger partial charge in [-0.05, 0) is 61.6 Å². The van der Waals surface area contributed by atoms with Gasteiger partial charge < -0.3 is 39.4 Å². The molecule has 248 valence electrons. The Kier molecular flexibility index (Phi) is 10.8. The number of aldehydes is 1. The molecule has 0 aromatic heterocycles. The van der Waals surface area contributed by atoms with Gasteiger partial charge in [0.1, 0.15) is 25.1 Å². The van der Waals surface area contributed by atoms with E-state index in [2.05, 4.69) is 26.1 Å². The number of ether oxygens (including phenoxy) is 4. The fourth-order valence-electron chi connectivity index (χ4n) is 7.52. The van der Waals surface area contributed by atoms with Gasteiger partial charge in [0.15, 0.2) is 11.5 Å². The Bertz CT molecular complexity index is 1260. The number of hydrogen-bond donors (Lipinski definition) is 3. The smallest absolute Gasteiger partial charge is 0.249 e. The fourth-order valence-corrected chi connectivity index (χ4v) is 7.52. The number of fused-ring (bicyclic) bond motifs is 3. The first-order chi connectivity index (χ1) is 21.7. The number of amides is 2. The highest BCUT2D eigenvalue weighted by atomic mass is 16.5. The van der Waals surface area contributed by atoms with Crippen molar-refractivity contribution in [3.8, 4) is 11.5 Å². The summed E-state index contributed by atoms with van der Waals surface area (Å²) in [6, 6.07) is 2.26. The number of aliphatic hydroxyl groups is 2. The summed E-state index contributed by atoms with van der Waals surface area (Å²) in [7, 11) is 1.46. The number of nitrogens with zero attached hydrogens (tertiary/aromatic N) is 1. The highest BCUT2D eigenvalue weighted by Crippen LogP contribution is 2.51. The molecule has 11 heteroatoms. The van der Waals surface area contributed by atoms with Crippen LogP contribution in [-0.2, 0) is 19.1 Å². The van der Waals surface area contributed by atoms with Crippen molar-refractivity contribution in [2.45, 2.75) is 89.3 Å². The molecule has 2 heterocycles. The molecule has 1 aromatic carbocycles. The van der Waals surface area contributed by atoms with Crippen LogP contribution in [0, 0.1) is 17.8 Å². The van der Waals surface area contributed by atoms with Crippen LogP contribution in [0.2, 0.25) is 0 Å². The molecule has 11 nitrogen and oxygen atoms in total. The van der Waals surface area contributed by atoms with Gasteiger partial charge in [-0.25, -0.2) is 0 Å². The zero-order valence-corrected chi connectivity index (χ0v) is 26.8. The molecule has 4 aliphatic rings. The molecular weight excluding hydrogens is 580 g/mol. The van der Waals surface area contributed by atoms with Crippen molar-refractivity contribution >= 4 is 18.1 Å². The van der Waals surface area contributed by atoms with Crippen LogP contribution in [0.5, 0.6) is 11.5 Å². The zero-order valence-electron chi connectivity index (χ0n) is 26.8. The molecule has 0 radical (unpaired) electrons. The Morgan fingerprint density at radius 1 is 1.22 bits per heavy atom. The summed E-state index contributed by atoms with van der Waals surface area (Å²) in [5.74, 6) is 0.468. The number of rotatable bonds is 12. The highest BCUT2D eigenvalue weighted by Gasteiger charge is 2.52. The summed E-state index contributed by atoms with van der Waals surface area (Å²) in [5, 5.41) is 24.0. The van der Waals surface area contributed by atoms with Crippen LogP contribution in [0.4, 0.5) is 0 Å². The number of hydrogen-bond acceptors (Lipinski definition) is 9. The topological polar surface area (TPSA) is 144 Å². The van der Waals surface area contributed by atoms with Crippen molar-refractivity contribution in [2.75, 3.05) is 40.0 Å². The van der Waals surface area contributed by atoms with Crippen molar-refractivity contribution < 1.29 is 43.5 Å². The van der Waals surface area contributed by atoms with Crippen LogP contribution in [0.3, 0.4) is 0 Å². The van der Waals surface area contributed by atoms with Crippen molar-refractivity contribution in [1.82, 2.24) is 10.2 Å². The van der Waals surface area contributed by atoms with E-state index in [1.54, 1.807) is 23.1 Å². The average Bonchev–Trinajstić information content (AvgIpc) is 3.69. The second-order valence-electron chi connectivity index (χ2n) is 13.3. The number of aliphatic hydroxyl groups excluding tert-OH is 2. The number of methoxy groups -OCH3 is 1. The standard InChI is InChI=1S/C34H48N2O9/c1-19(2)23-8-7-20(3)12-27(23)44-18-29(39)36(16-22-6-5-11-43-22)26-15-25(34(41)35-9-10-37)30-24-13-21(17-38)14-28(42-4)32(24)45-33(30)31(26)40/h13-15,17,19-20,22-23,26-27,30-31,33,37,40H,5-12,16,18H2,1-4H3,(H,35,41). The Labute approximate surface area is 265 Å². The van der Waals surface area contributed by atoms with Crippen LogP contribution in [0.25, 0.3) is 0 Å². The number of carbonyl (C=O) groups is 3. The molecule has 2 aliphatic heterocycles. The predicted octanol–water partition coefficient (Wildman–Crippen LogP) is 2.62. The minimum Gasteiger partial charge on any atom is -0.493 e. The van der Waals surface area contributed by atoms with Gasteiger partial charge in [-0.2, -0.15) is 0 Å². The summed E-state index contributed by atoms with van der Waals surface area (Å²) >= 11 is 0. The first kappa shape index (κ1) is 33.4. The molecule has 8 atom stereocenters. The summed E-state index contributed by atoms with van der Waals surface area (Å²) in [6.07, 6.45) is 4.65. The first-order valence-electron chi connectivity index (χ1n) is 16.3. The maximum atomic E-state index is 14.1. The van der Waals surface area contributed by atoms with E-state index in [1.807, 2.05) is 0 Å². The van der Waals surface area contributed by atoms with Gasteiger partial charge in [0.2, 0.25) is 11.8 Å². The lowest BCUT2D eigenvalue weighted by Gasteiger charge is -2.42. The van der Waals surface area contributed by atoms with E-state index in [0.717, 1.165) is 32.1 Å². The van der Waals surface area contributed by atoms with E-state index in [4.69, 9.17) is 18.9 Å². The quantitative estimate of drug-likeness (QED) is 0.298. The van der Waals surface area contributed by atoms with E-state index >= 15 is 0 Å². The summed E-state index contributed by atoms with van der Waals surface area (Å²) in [6.45, 7) is 7.04. The summed E-state index contributed by atoms with van der Waals surface area (Å²) in [4.78, 5) is 41.0. The molecular formula is C34H48N2O9. The predicted molar refractivity (Wildman–Crippen MR) is 165 cm³/mol. The Balaban J connectivity index is 1.48. The molecule has 1 saturated carbocycles. The van der Waals surface area contributed by atoms with Crippen LogP contribution < -0.4 is 14.8 Å². The van der Waals surface area contributed by atoms with Gasteiger partial charge in [-0.3, -0.25) is 14.4 Å². The normalized spacial score (nSPS) is 30.6. The van der Waals surface area contributed by atoms with Crippen molar-refractivity contribution in [2.24, 2.45) is 17.8 Å². The Morgan fingerprint density at radius 3 is 2.69 bits per heavy atom. The van der Waals surface area contributed by atoms with Crippen molar-refractivity contribution in [1.29, 1.82) is 0 Å². The van der Waals surface area contributed by atoms with E-state index in [9.17, 15) is 24.6 Å². The van der Waals surface area contributed by atoms with Crippen LogP contribution in [0.1, 0.15) is 74.7 Å². The molecule has 1 aromatic rings. The maximum absolute atomic E-state index is 14.1. The maximum Gasteiger partial charge on any atom is 0.249 e. The Hall–Kier alpha value is -2.99. The SMILES string of the molecule is COc1cc(C=O)cc2c1OC1C2C(C(=O)NCCO)=CC(N(CC2CCCO2)C(=O)COC2CC(C)CCC2C(C)C)C1O. The summed E-state index contributed by atoms with van der Waals surface area (Å²) < 4.78 is 24.1. The van der Waals surface area contributed by atoms with Gasteiger partial charge >= 0.3 is 0 Å². The molecule has 8 unspecified atom stereocenters. The lowest BCUT2D eigenvalue weighted by molar-refractivity contribution is -0.149. The minimum absolute atomic E-state index is 0.0232. The monoisotopic (exact) mass is 628 g/mol. The molecule has 2 aliphatic carbocycles. The van der Waals surface area contributed by atoms with Crippen molar-refractivity contribution in [3.05, 3.63) is 34.9 Å². The molecule has 3 N–H and O–H groups in total. The molecule has 5 rings (SSSR count). The average molecular weight is 629 g/mol. The van der Waals surface area contributed by atoms with Crippen LogP contribution in [-0.4, -0.2) is 104 Å². The molecule has 2 amide bonds. The zero-order chi connectivity index (χ0) is 32.2. The number of nitrogens with one attached hydrogen (secondary N) is 1. The van der Waals surface area contributed by atoms with Gasteiger partial charge in [0.25, 0.3) is 0 Å². The number of carbonyl (C=O) groups excluding carboxylic acids is 3. The molecule has 1 saturated heterocycles. The minimum atomic E-state index is -1.22. The van der Waals surface area contributed by atoms with Gasteiger partial charge in [0, 0.05) is 36.4 Å². The third-order valence-corrected chi connectivity index (χ3v) is 9.90. The fraction of sp³-hybridized carbons (Fsp3) is 0.676. The second kappa shape index (κ2) is 14.6. The highest BCUT2D eigenvalue weighted by molar-refractivity contribution is 5.96. The lowest BCUT2D eigenvalue weighted by atomic mass is 9.75. The van der Waals surface area contributed by atoms with Gasteiger partial charge in [-0.1, -0.05) is 27.2 Å². The van der Waals surface area contributed by atoms with Gasteiger partial charge in [0.05, 0.1) is 37.9 Å². The molecule has 0 bridgehead atoms. The number of benzene rings is 1. The first-order valence-corrected chi connectivity index (χ1v) is 16.3. The van der Waals surface area contributed by atoms with E-state index in [1.165, 1.54) is 7.11 Å².